The number of nitrogens with one attached hydrogen (secondary N) is 2. The van der Waals surface area contributed by atoms with E-state index in [1.807, 2.05) is 19.1 Å². The summed E-state index contributed by atoms with van der Waals surface area (Å²) in [5.74, 6) is 0.222. The minimum atomic E-state index is -0.293. The van der Waals surface area contributed by atoms with E-state index < -0.39 is 0 Å². The number of aromatic nitrogens is 2. The van der Waals surface area contributed by atoms with Gasteiger partial charge in [-0.15, -0.1) is 0 Å². The monoisotopic (exact) mass is 330 g/mol. The normalized spacial score (nSPS) is 14.7. The highest BCUT2D eigenvalue weighted by Gasteiger charge is 2.17. The molecule has 2 N–H and O–H groups in total. The summed E-state index contributed by atoms with van der Waals surface area (Å²) in [6.07, 6.45) is 4.70. The highest BCUT2D eigenvalue weighted by molar-refractivity contribution is 6.33. The second kappa shape index (κ2) is 6.96. The van der Waals surface area contributed by atoms with Crippen molar-refractivity contribution >= 4 is 29.1 Å². The first-order chi connectivity index (χ1) is 11.1. The van der Waals surface area contributed by atoms with Crippen LogP contribution in [0.5, 0.6) is 0 Å². The standard InChI is InChI=1S/C17H19ClN4O/c1-11-10-15(16(23)21-14-9-5-4-8-13(14)18)22-17(19-11)20-12-6-2-3-7-12/h4-5,8-10,12H,2-3,6-7H2,1H3,(H,21,23)(H,19,20,22). The van der Waals surface area contributed by atoms with Crippen LogP contribution in [0.4, 0.5) is 11.6 Å². The number of rotatable bonds is 4. The van der Waals surface area contributed by atoms with Gasteiger partial charge in [0, 0.05) is 11.7 Å². The van der Waals surface area contributed by atoms with E-state index in [-0.39, 0.29) is 5.91 Å². The summed E-state index contributed by atoms with van der Waals surface area (Å²) >= 11 is 6.07. The molecule has 1 amide bonds. The van der Waals surface area contributed by atoms with Gasteiger partial charge >= 0.3 is 0 Å². The maximum Gasteiger partial charge on any atom is 0.274 e. The van der Waals surface area contributed by atoms with Crippen LogP contribution in [0.25, 0.3) is 0 Å². The zero-order valence-corrected chi connectivity index (χ0v) is 13.7. The molecule has 0 radical (unpaired) electrons. The van der Waals surface area contributed by atoms with E-state index >= 15 is 0 Å². The zero-order valence-electron chi connectivity index (χ0n) is 13.0. The van der Waals surface area contributed by atoms with Crippen molar-refractivity contribution in [2.75, 3.05) is 10.6 Å². The molecule has 1 saturated carbocycles. The van der Waals surface area contributed by atoms with Crippen molar-refractivity contribution in [3.05, 3.63) is 46.7 Å². The van der Waals surface area contributed by atoms with Gasteiger partial charge in [-0.05, 0) is 38.0 Å². The Labute approximate surface area is 140 Å². The van der Waals surface area contributed by atoms with Gasteiger partial charge in [-0.1, -0.05) is 36.6 Å². The van der Waals surface area contributed by atoms with Crippen LogP contribution < -0.4 is 10.6 Å². The minimum absolute atomic E-state index is 0.293. The summed E-state index contributed by atoms with van der Waals surface area (Å²) in [4.78, 5) is 21.1. The van der Waals surface area contributed by atoms with Gasteiger partial charge in [0.25, 0.3) is 5.91 Å². The number of carbonyl (C=O) groups is 1. The van der Waals surface area contributed by atoms with E-state index in [9.17, 15) is 4.79 Å². The van der Waals surface area contributed by atoms with Gasteiger partial charge in [-0.2, -0.15) is 0 Å². The molecule has 1 aliphatic carbocycles. The first-order valence-electron chi connectivity index (χ1n) is 7.80. The van der Waals surface area contributed by atoms with Gasteiger partial charge in [-0.25, -0.2) is 9.97 Å². The van der Waals surface area contributed by atoms with Crippen LogP contribution in [0, 0.1) is 6.92 Å². The number of halogens is 1. The van der Waals surface area contributed by atoms with Crippen molar-refractivity contribution in [2.24, 2.45) is 0 Å². The van der Waals surface area contributed by atoms with Crippen LogP contribution in [0.1, 0.15) is 41.9 Å². The molecule has 0 unspecified atom stereocenters. The highest BCUT2D eigenvalue weighted by atomic mass is 35.5. The number of hydrogen-bond acceptors (Lipinski definition) is 4. The zero-order chi connectivity index (χ0) is 16.2. The lowest BCUT2D eigenvalue weighted by atomic mass is 10.2. The smallest absolute Gasteiger partial charge is 0.274 e. The van der Waals surface area contributed by atoms with Crippen molar-refractivity contribution in [1.82, 2.24) is 9.97 Å². The number of benzene rings is 1. The Kier molecular flexibility index (Phi) is 4.76. The Hall–Kier alpha value is -2.14. The molecule has 0 bridgehead atoms. The van der Waals surface area contributed by atoms with E-state index in [0.29, 0.717) is 28.4 Å². The maximum absolute atomic E-state index is 12.4. The molecule has 0 aliphatic heterocycles. The number of para-hydroxylation sites is 1. The Morgan fingerprint density at radius 2 is 1.96 bits per heavy atom. The van der Waals surface area contributed by atoms with Gasteiger partial charge in [0.1, 0.15) is 5.69 Å². The summed E-state index contributed by atoms with van der Waals surface area (Å²) in [5.41, 5.74) is 1.66. The summed E-state index contributed by atoms with van der Waals surface area (Å²) in [6.45, 7) is 1.85. The fraction of sp³-hybridized carbons (Fsp3) is 0.353. The molecule has 0 spiro atoms. The maximum atomic E-state index is 12.4. The topological polar surface area (TPSA) is 66.9 Å². The van der Waals surface area contributed by atoms with E-state index in [1.165, 1.54) is 12.8 Å². The molecular weight excluding hydrogens is 312 g/mol. The van der Waals surface area contributed by atoms with Crippen LogP contribution in [0.2, 0.25) is 5.02 Å². The van der Waals surface area contributed by atoms with Crippen molar-refractivity contribution in [3.63, 3.8) is 0 Å². The summed E-state index contributed by atoms with van der Waals surface area (Å²) in [7, 11) is 0. The molecule has 1 heterocycles. The summed E-state index contributed by atoms with van der Waals surface area (Å²) in [5, 5.41) is 6.61. The van der Waals surface area contributed by atoms with Gasteiger partial charge in [0.2, 0.25) is 5.95 Å². The SMILES string of the molecule is Cc1cc(C(=O)Nc2ccccc2Cl)nc(NC2CCCC2)n1. The van der Waals surface area contributed by atoms with Crippen molar-refractivity contribution in [2.45, 2.75) is 38.6 Å². The molecular formula is C17H19ClN4O. The number of carbonyl (C=O) groups excluding carboxylic acids is 1. The fourth-order valence-electron chi connectivity index (χ4n) is 2.75. The van der Waals surface area contributed by atoms with E-state index in [2.05, 4.69) is 20.6 Å². The van der Waals surface area contributed by atoms with Crippen molar-refractivity contribution < 1.29 is 4.79 Å². The number of aryl methyl sites for hydroxylation is 1. The number of nitrogens with zero attached hydrogens (tertiary/aromatic N) is 2. The molecule has 2 aromatic rings. The molecule has 0 atom stereocenters. The molecule has 0 saturated heterocycles. The third-order valence-electron chi connectivity index (χ3n) is 3.90. The van der Waals surface area contributed by atoms with Crippen LogP contribution in [-0.2, 0) is 0 Å². The quantitative estimate of drug-likeness (QED) is 0.887. The minimum Gasteiger partial charge on any atom is -0.351 e. The van der Waals surface area contributed by atoms with Gasteiger partial charge < -0.3 is 10.6 Å². The highest BCUT2D eigenvalue weighted by Crippen LogP contribution is 2.22. The van der Waals surface area contributed by atoms with Gasteiger partial charge in [-0.3, -0.25) is 4.79 Å². The summed E-state index contributed by atoms with van der Waals surface area (Å²) in [6, 6.07) is 9.19. The largest absolute Gasteiger partial charge is 0.351 e. The fourth-order valence-corrected chi connectivity index (χ4v) is 2.93. The molecule has 5 nitrogen and oxygen atoms in total. The molecule has 1 aromatic carbocycles. The lowest BCUT2D eigenvalue weighted by Crippen LogP contribution is -2.20. The molecule has 1 aliphatic rings. The first kappa shape index (κ1) is 15.7. The molecule has 1 aromatic heterocycles. The van der Waals surface area contributed by atoms with Gasteiger partial charge in [0.05, 0.1) is 10.7 Å². The van der Waals surface area contributed by atoms with Crippen LogP contribution in [-0.4, -0.2) is 21.9 Å². The number of hydrogen-bond donors (Lipinski definition) is 2. The van der Waals surface area contributed by atoms with Gasteiger partial charge in [0.15, 0.2) is 0 Å². The molecule has 120 valence electrons. The Bertz CT molecular complexity index is 713. The molecule has 3 rings (SSSR count). The first-order valence-corrected chi connectivity index (χ1v) is 8.18. The van der Waals surface area contributed by atoms with Crippen LogP contribution in [0.3, 0.4) is 0 Å². The van der Waals surface area contributed by atoms with Crippen LogP contribution in [0.15, 0.2) is 30.3 Å². The average Bonchev–Trinajstić information content (AvgIpc) is 3.02. The average molecular weight is 331 g/mol. The lowest BCUT2D eigenvalue weighted by molar-refractivity contribution is 0.102. The Morgan fingerprint density at radius 3 is 2.70 bits per heavy atom. The van der Waals surface area contributed by atoms with Crippen molar-refractivity contribution in [1.29, 1.82) is 0 Å². The molecule has 23 heavy (non-hydrogen) atoms. The third kappa shape index (κ3) is 3.99. The Morgan fingerprint density at radius 1 is 1.22 bits per heavy atom. The predicted octanol–water partition coefficient (Wildman–Crippen LogP) is 4.05. The van der Waals surface area contributed by atoms with Crippen LogP contribution >= 0.6 is 11.6 Å². The second-order valence-electron chi connectivity index (χ2n) is 5.78. The summed E-state index contributed by atoms with van der Waals surface area (Å²) < 4.78 is 0. The molecule has 6 heteroatoms. The predicted molar refractivity (Wildman–Crippen MR) is 92.1 cm³/mol. The molecule has 1 fully saturated rings. The van der Waals surface area contributed by atoms with E-state index in [1.54, 1.807) is 18.2 Å². The number of amides is 1. The Balaban J connectivity index is 1.77. The second-order valence-corrected chi connectivity index (χ2v) is 6.19. The third-order valence-corrected chi connectivity index (χ3v) is 4.23. The number of anilines is 2. The lowest BCUT2D eigenvalue weighted by Gasteiger charge is -2.13. The van der Waals surface area contributed by atoms with E-state index in [0.717, 1.165) is 18.5 Å². The van der Waals surface area contributed by atoms with E-state index in [4.69, 9.17) is 11.6 Å². The van der Waals surface area contributed by atoms with Crippen molar-refractivity contribution in [3.8, 4) is 0 Å².